The van der Waals surface area contributed by atoms with Gasteiger partial charge in [-0.1, -0.05) is 24.8 Å². The zero-order valence-electron chi connectivity index (χ0n) is 24.8. The third kappa shape index (κ3) is 4.52. The molecule has 3 atom stereocenters. The Kier molecular flexibility index (Phi) is 6.56. The molecule has 8 rings (SSSR count). The normalized spacial score (nSPS) is 25.0. The van der Waals surface area contributed by atoms with Crippen LogP contribution in [0.5, 0.6) is 6.01 Å². The number of hydrogen-bond donors (Lipinski definition) is 0. The van der Waals surface area contributed by atoms with Gasteiger partial charge >= 0.3 is 6.01 Å². The summed E-state index contributed by atoms with van der Waals surface area (Å²) in [5, 5.41) is 0. The van der Waals surface area contributed by atoms with Crippen molar-refractivity contribution in [1.82, 2.24) is 24.8 Å². The lowest BCUT2D eigenvalue weighted by atomic mass is 9.95. The molecule has 5 aliphatic rings. The van der Waals surface area contributed by atoms with Gasteiger partial charge in [0.15, 0.2) is 11.6 Å². The number of anilines is 1. The largest absolute Gasteiger partial charge is 0.461 e. The molecule has 4 fully saturated rings. The first-order valence-electron chi connectivity index (χ1n) is 15.9. The van der Waals surface area contributed by atoms with Gasteiger partial charge in [0, 0.05) is 31.4 Å². The number of aromatic nitrogens is 3. The molecule has 1 saturated carbocycles. The van der Waals surface area contributed by atoms with Crippen LogP contribution in [0.15, 0.2) is 42.9 Å². The van der Waals surface area contributed by atoms with Gasteiger partial charge in [-0.05, 0) is 86.2 Å². The van der Waals surface area contributed by atoms with E-state index in [0.717, 1.165) is 43.8 Å². The second-order valence-corrected chi connectivity index (χ2v) is 13.2. The Hall–Kier alpha value is -4.10. The van der Waals surface area contributed by atoms with E-state index < -0.39 is 17.8 Å². The van der Waals surface area contributed by atoms with E-state index in [9.17, 15) is 9.18 Å². The number of piperazine rings is 1. The van der Waals surface area contributed by atoms with Crippen molar-refractivity contribution in [1.29, 1.82) is 0 Å². The van der Waals surface area contributed by atoms with Gasteiger partial charge in [-0.15, -0.1) is 0 Å². The molecular weight excluding hydrogens is 557 g/mol. The molecule has 2 aliphatic carbocycles. The van der Waals surface area contributed by atoms with Crippen molar-refractivity contribution in [3.63, 3.8) is 0 Å². The monoisotopic (exact) mass is 593 g/mol. The van der Waals surface area contributed by atoms with Crippen molar-refractivity contribution in [3.8, 4) is 17.1 Å². The highest BCUT2D eigenvalue weighted by molar-refractivity contribution is 5.92. The summed E-state index contributed by atoms with van der Waals surface area (Å²) in [6, 6.07) is 8.50. The first-order chi connectivity index (χ1) is 21.4. The van der Waals surface area contributed by atoms with Crippen LogP contribution in [-0.2, 0) is 11.2 Å². The Morgan fingerprint density at radius 1 is 1.18 bits per heavy atom. The van der Waals surface area contributed by atoms with Crippen LogP contribution in [-0.4, -0.2) is 88.1 Å². The van der Waals surface area contributed by atoms with Crippen LogP contribution in [0.2, 0.25) is 0 Å². The van der Waals surface area contributed by atoms with E-state index in [0.29, 0.717) is 48.5 Å². The predicted molar refractivity (Wildman–Crippen MR) is 165 cm³/mol. The molecule has 226 valence electrons. The Morgan fingerprint density at radius 2 is 2.02 bits per heavy atom. The number of nitrogens with zero attached hydrogens (tertiary/aromatic N) is 7. The summed E-state index contributed by atoms with van der Waals surface area (Å²) < 4.78 is 20.3. The van der Waals surface area contributed by atoms with Crippen molar-refractivity contribution in [2.45, 2.75) is 56.0 Å². The van der Waals surface area contributed by atoms with Crippen LogP contribution >= 0.6 is 0 Å². The molecular formula is C34H36FN7O2. The predicted octanol–water partition coefficient (Wildman–Crippen LogP) is 4.78. The Bertz CT molecular complexity index is 1710. The molecule has 0 radical (unpaired) electrons. The van der Waals surface area contributed by atoms with Crippen LogP contribution in [0.4, 0.5) is 10.2 Å². The number of carbonyl (C=O) groups excluding carboxylic acids is 1. The number of fused-ring (bicyclic) bond motifs is 5. The van der Waals surface area contributed by atoms with Gasteiger partial charge in [0.05, 0.1) is 11.1 Å². The molecule has 3 aliphatic heterocycles. The summed E-state index contributed by atoms with van der Waals surface area (Å²) in [5.74, 6) is 0.272. The molecule has 2 aromatic heterocycles. The van der Waals surface area contributed by atoms with E-state index in [4.69, 9.17) is 26.3 Å². The minimum Gasteiger partial charge on any atom is -0.461 e. The molecule has 3 saturated heterocycles. The van der Waals surface area contributed by atoms with Gasteiger partial charge < -0.3 is 19.4 Å². The zero-order chi connectivity index (χ0) is 30.0. The highest BCUT2D eigenvalue weighted by Gasteiger charge is 2.47. The van der Waals surface area contributed by atoms with Crippen molar-refractivity contribution >= 4 is 22.8 Å². The van der Waals surface area contributed by atoms with Crippen molar-refractivity contribution in [2.24, 2.45) is 5.92 Å². The smallest absolute Gasteiger partial charge is 0.319 e. The summed E-state index contributed by atoms with van der Waals surface area (Å²) in [6.45, 7) is 14.5. The number of ether oxygens (including phenoxy) is 1. The van der Waals surface area contributed by atoms with E-state index in [1.807, 2.05) is 11.1 Å². The van der Waals surface area contributed by atoms with E-state index >= 15 is 0 Å². The minimum absolute atomic E-state index is 0.0471. The molecule has 10 heteroatoms. The van der Waals surface area contributed by atoms with Crippen molar-refractivity contribution in [2.75, 3.05) is 50.8 Å². The van der Waals surface area contributed by atoms with Gasteiger partial charge in [0.2, 0.25) is 6.54 Å². The van der Waals surface area contributed by atoms with E-state index in [1.54, 1.807) is 0 Å². The van der Waals surface area contributed by atoms with Crippen LogP contribution in [0, 0.1) is 12.5 Å². The Balaban J connectivity index is 1.17. The van der Waals surface area contributed by atoms with Crippen LogP contribution in [0.3, 0.4) is 0 Å². The molecule has 1 amide bonds. The highest BCUT2D eigenvalue weighted by Crippen LogP contribution is 2.58. The lowest BCUT2D eigenvalue weighted by Crippen LogP contribution is -2.56. The van der Waals surface area contributed by atoms with Gasteiger partial charge in [0.25, 0.3) is 5.91 Å². The fraction of sp³-hybridized carbons (Fsp3) is 0.500. The minimum atomic E-state index is -1.01. The average molecular weight is 594 g/mol. The molecule has 0 unspecified atom stereocenters. The Labute approximate surface area is 256 Å². The first-order valence-corrected chi connectivity index (χ1v) is 15.9. The van der Waals surface area contributed by atoms with Crippen LogP contribution in [0.1, 0.15) is 49.1 Å². The lowest BCUT2D eigenvalue weighted by molar-refractivity contribution is -0.131. The standard InChI is InChI=1S/C34H36FN7O2/c1-21(35)32(43)42-13-12-40(19-25(42)18-36-2)31-30-28(38-33(39-31)44-20-34-8-4-10-41(34)11-5-9-34)16-24(17-37-30)26-7-3-6-22-14-23-15-27(23)29(22)26/h3,6-7,16-17,23,25,27H,1,4-5,8-15,18-20H2/t23-,25+,27+/m1/s1. The number of carbonyl (C=O) groups is 1. The quantitative estimate of drug-likeness (QED) is 0.288. The molecule has 1 aromatic carbocycles. The van der Waals surface area contributed by atoms with Crippen molar-refractivity contribution < 1.29 is 13.9 Å². The number of pyridine rings is 1. The maximum Gasteiger partial charge on any atom is 0.319 e. The highest BCUT2D eigenvalue weighted by atomic mass is 19.1. The van der Waals surface area contributed by atoms with Gasteiger partial charge in [-0.2, -0.15) is 9.97 Å². The number of halogens is 1. The summed E-state index contributed by atoms with van der Waals surface area (Å²) in [4.78, 5) is 36.9. The van der Waals surface area contributed by atoms with Crippen LogP contribution in [0.25, 0.3) is 27.0 Å². The number of amides is 1. The maximum absolute atomic E-state index is 13.8. The molecule has 0 N–H and O–H groups in total. The fourth-order valence-electron chi connectivity index (χ4n) is 8.40. The van der Waals surface area contributed by atoms with Crippen LogP contribution < -0.4 is 9.64 Å². The number of rotatable bonds is 7. The van der Waals surface area contributed by atoms with Gasteiger partial charge in [-0.25, -0.2) is 11.0 Å². The summed E-state index contributed by atoms with van der Waals surface area (Å²) in [6.07, 6.45) is 8.94. The van der Waals surface area contributed by atoms with E-state index in [-0.39, 0.29) is 18.6 Å². The topological polar surface area (TPSA) is 79.1 Å². The van der Waals surface area contributed by atoms with Crippen molar-refractivity contribution in [3.05, 3.63) is 65.4 Å². The Morgan fingerprint density at radius 3 is 2.82 bits per heavy atom. The molecule has 0 bridgehead atoms. The van der Waals surface area contributed by atoms with Gasteiger partial charge in [0.1, 0.15) is 18.2 Å². The van der Waals surface area contributed by atoms with Gasteiger partial charge in [-0.3, -0.25) is 14.7 Å². The number of benzene rings is 1. The zero-order valence-corrected chi connectivity index (χ0v) is 24.8. The van der Waals surface area contributed by atoms with E-state index in [2.05, 4.69) is 40.6 Å². The second kappa shape index (κ2) is 10.5. The molecule has 5 heterocycles. The third-order valence-electron chi connectivity index (χ3n) is 10.6. The summed E-state index contributed by atoms with van der Waals surface area (Å²) >= 11 is 0. The SMILES string of the molecule is [C-]#[N+]C[C@H]1CN(c2nc(OCC34CCCN3CCC4)nc3cc(-c4cccc5c4[C@H]4C[C@H]4C5)cnc23)CCN1C(=O)C(=C)F. The molecule has 3 aromatic rings. The lowest BCUT2D eigenvalue weighted by Gasteiger charge is -2.39. The summed E-state index contributed by atoms with van der Waals surface area (Å²) in [7, 11) is 0. The molecule has 44 heavy (non-hydrogen) atoms. The van der Waals surface area contributed by atoms with E-state index in [1.165, 1.54) is 40.9 Å². The fourth-order valence-corrected chi connectivity index (χ4v) is 8.40. The maximum atomic E-state index is 13.8. The first kappa shape index (κ1) is 27.4. The molecule has 0 spiro atoms. The average Bonchev–Trinajstić information content (AvgIpc) is 3.32. The molecule has 9 nitrogen and oxygen atoms in total. The second-order valence-electron chi connectivity index (χ2n) is 13.2. The summed E-state index contributed by atoms with van der Waals surface area (Å²) in [5.41, 5.74) is 6.57. The number of hydrogen-bond acceptors (Lipinski definition) is 7. The third-order valence-corrected chi connectivity index (χ3v) is 10.6.